The van der Waals surface area contributed by atoms with Crippen molar-refractivity contribution < 1.29 is 0 Å². The predicted octanol–water partition coefficient (Wildman–Crippen LogP) is 14.9. The molecule has 0 radical (unpaired) electrons. The maximum atomic E-state index is 2.46. The van der Waals surface area contributed by atoms with E-state index < -0.39 is 0 Å². The number of aromatic nitrogens is 1. The van der Waals surface area contributed by atoms with Gasteiger partial charge in [0, 0.05) is 27.7 Å². The quantitative estimate of drug-likeness (QED) is 0.152. The van der Waals surface area contributed by atoms with Crippen LogP contribution in [-0.2, 0) is 0 Å². The molecule has 0 aliphatic rings. The zero-order valence-electron chi connectivity index (χ0n) is 30.8. The topological polar surface area (TPSA) is 8.17 Å². The third kappa shape index (κ3) is 5.85. The second-order valence-corrected chi connectivity index (χ2v) is 14.1. The van der Waals surface area contributed by atoms with E-state index in [-0.39, 0.29) is 0 Å². The van der Waals surface area contributed by atoms with Gasteiger partial charge in [0.15, 0.2) is 0 Å². The molecule has 0 unspecified atom stereocenters. The van der Waals surface area contributed by atoms with Crippen molar-refractivity contribution in [2.45, 2.75) is 0 Å². The molecule has 56 heavy (non-hydrogen) atoms. The Kier molecular flexibility index (Phi) is 8.55. The van der Waals surface area contributed by atoms with Gasteiger partial charge in [-0.1, -0.05) is 182 Å². The molecule has 10 aromatic rings. The van der Waals surface area contributed by atoms with Crippen LogP contribution in [0.3, 0.4) is 0 Å². The molecule has 0 aliphatic carbocycles. The van der Waals surface area contributed by atoms with Crippen LogP contribution < -0.4 is 4.90 Å². The van der Waals surface area contributed by atoms with Crippen LogP contribution in [0.15, 0.2) is 231 Å². The third-order valence-electron chi connectivity index (χ3n) is 10.8. The largest absolute Gasteiger partial charge is 0.309 e. The Bertz CT molecular complexity index is 2950. The van der Waals surface area contributed by atoms with Crippen molar-refractivity contribution in [1.29, 1.82) is 0 Å². The van der Waals surface area contributed by atoms with Gasteiger partial charge < -0.3 is 9.47 Å². The summed E-state index contributed by atoms with van der Waals surface area (Å²) in [4.78, 5) is 2.46. The highest BCUT2D eigenvalue weighted by Crippen LogP contribution is 2.49. The van der Waals surface area contributed by atoms with Gasteiger partial charge in [-0.3, -0.25) is 0 Å². The number of nitrogens with zero attached hydrogens (tertiary/aromatic N) is 2. The van der Waals surface area contributed by atoms with Gasteiger partial charge in [0.05, 0.1) is 22.4 Å². The van der Waals surface area contributed by atoms with Crippen LogP contribution in [0.2, 0.25) is 0 Å². The lowest BCUT2D eigenvalue weighted by atomic mass is 9.92. The first-order chi connectivity index (χ1) is 27.8. The van der Waals surface area contributed by atoms with Gasteiger partial charge in [-0.15, -0.1) is 0 Å². The van der Waals surface area contributed by atoms with Crippen LogP contribution in [0, 0.1) is 0 Å². The molecule has 264 valence electrons. The Labute approximate surface area is 327 Å². The normalized spacial score (nSPS) is 11.2. The highest BCUT2D eigenvalue weighted by Gasteiger charge is 2.24. The number of rotatable bonds is 8. The third-order valence-corrected chi connectivity index (χ3v) is 10.8. The lowest BCUT2D eigenvalue weighted by molar-refractivity contribution is 1.18. The first-order valence-corrected chi connectivity index (χ1v) is 19.2. The Hall–Kier alpha value is -7.42. The molecule has 0 saturated heterocycles. The van der Waals surface area contributed by atoms with Crippen molar-refractivity contribution >= 4 is 38.9 Å². The Balaban J connectivity index is 1.23. The molecular weight excluding hydrogens is 677 g/mol. The molecule has 2 heteroatoms. The van der Waals surface area contributed by atoms with Gasteiger partial charge in [-0.2, -0.15) is 0 Å². The van der Waals surface area contributed by atoms with Crippen molar-refractivity contribution in [3.05, 3.63) is 231 Å². The standard InChI is InChI=1S/C54H38N2/c1-5-20-39(21-6-1)45-30-13-14-31-46(45)42-26-17-29-44(38-42)56-49-34-16-15-32-48(49)54-51(36-19-37-52(54)56)55(43-27-11-4-12-28-43)50-35-18-33-47(40-22-7-2-8-23-40)53(50)41-24-9-3-10-25-41/h1-38H. The van der Waals surface area contributed by atoms with Gasteiger partial charge >= 0.3 is 0 Å². The van der Waals surface area contributed by atoms with Crippen molar-refractivity contribution in [2.75, 3.05) is 4.90 Å². The van der Waals surface area contributed by atoms with Crippen molar-refractivity contribution in [2.24, 2.45) is 0 Å². The van der Waals surface area contributed by atoms with E-state index in [0.29, 0.717) is 0 Å². The highest BCUT2D eigenvalue weighted by molar-refractivity contribution is 6.17. The number of para-hydroxylation sites is 2. The van der Waals surface area contributed by atoms with Crippen molar-refractivity contribution in [1.82, 2.24) is 4.57 Å². The molecule has 0 aliphatic heterocycles. The zero-order chi connectivity index (χ0) is 37.3. The van der Waals surface area contributed by atoms with Crippen LogP contribution in [0.4, 0.5) is 17.1 Å². The summed E-state index contributed by atoms with van der Waals surface area (Å²) in [5.74, 6) is 0. The van der Waals surface area contributed by atoms with Gasteiger partial charge in [0.2, 0.25) is 0 Å². The molecule has 0 saturated carbocycles. The lowest BCUT2D eigenvalue weighted by Crippen LogP contribution is -2.12. The van der Waals surface area contributed by atoms with E-state index in [1.165, 1.54) is 55.3 Å². The molecule has 1 aromatic heterocycles. The van der Waals surface area contributed by atoms with Crippen molar-refractivity contribution in [3.8, 4) is 50.2 Å². The smallest absolute Gasteiger partial charge is 0.0562 e. The van der Waals surface area contributed by atoms with Crippen LogP contribution >= 0.6 is 0 Å². The van der Waals surface area contributed by atoms with Gasteiger partial charge in [-0.05, 0) is 87.5 Å². The average molecular weight is 715 g/mol. The second kappa shape index (κ2) is 14.4. The minimum Gasteiger partial charge on any atom is -0.309 e. The molecule has 0 spiro atoms. The molecule has 0 bridgehead atoms. The van der Waals surface area contributed by atoms with E-state index >= 15 is 0 Å². The number of fused-ring (bicyclic) bond motifs is 3. The van der Waals surface area contributed by atoms with E-state index in [0.717, 1.165) is 33.8 Å². The van der Waals surface area contributed by atoms with Gasteiger partial charge in [-0.25, -0.2) is 0 Å². The summed E-state index contributed by atoms with van der Waals surface area (Å²) in [5.41, 5.74) is 16.3. The summed E-state index contributed by atoms with van der Waals surface area (Å²) in [6, 6.07) is 83.0. The van der Waals surface area contributed by atoms with E-state index in [1.807, 2.05) is 0 Å². The fraction of sp³-hybridized carbons (Fsp3) is 0. The summed E-state index contributed by atoms with van der Waals surface area (Å²) < 4.78 is 2.43. The Morgan fingerprint density at radius 3 is 1.52 bits per heavy atom. The van der Waals surface area contributed by atoms with E-state index in [4.69, 9.17) is 0 Å². The number of anilines is 3. The summed E-state index contributed by atoms with van der Waals surface area (Å²) in [5, 5.41) is 2.40. The SMILES string of the molecule is c1ccc(-c2ccccc2-c2cccc(-n3c4ccccc4c4c(N(c5ccccc5)c5cccc(-c6ccccc6)c5-c5ccccc5)cccc43)c2)cc1. The minimum absolute atomic E-state index is 1.10. The summed E-state index contributed by atoms with van der Waals surface area (Å²) in [6.07, 6.45) is 0. The first-order valence-electron chi connectivity index (χ1n) is 19.2. The van der Waals surface area contributed by atoms with Crippen LogP contribution in [0.1, 0.15) is 0 Å². The Morgan fingerprint density at radius 2 is 0.804 bits per heavy atom. The van der Waals surface area contributed by atoms with Gasteiger partial charge in [0.25, 0.3) is 0 Å². The average Bonchev–Trinajstić information content (AvgIpc) is 3.63. The fourth-order valence-electron chi connectivity index (χ4n) is 8.36. The Morgan fingerprint density at radius 1 is 0.321 bits per heavy atom. The molecule has 1 heterocycles. The predicted molar refractivity (Wildman–Crippen MR) is 237 cm³/mol. The molecular formula is C54H38N2. The first kappa shape index (κ1) is 33.2. The molecule has 2 nitrogen and oxygen atoms in total. The van der Waals surface area contributed by atoms with E-state index in [9.17, 15) is 0 Å². The maximum absolute atomic E-state index is 2.46. The molecule has 0 amide bonds. The van der Waals surface area contributed by atoms with E-state index in [2.05, 4.69) is 240 Å². The molecule has 10 rings (SSSR count). The fourth-order valence-corrected chi connectivity index (χ4v) is 8.36. The van der Waals surface area contributed by atoms with E-state index in [1.54, 1.807) is 0 Å². The molecule has 0 fully saturated rings. The maximum Gasteiger partial charge on any atom is 0.0562 e. The van der Waals surface area contributed by atoms with Crippen LogP contribution in [0.25, 0.3) is 72.0 Å². The second-order valence-electron chi connectivity index (χ2n) is 14.1. The molecule has 0 atom stereocenters. The number of benzene rings is 9. The number of hydrogen-bond acceptors (Lipinski definition) is 1. The van der Waals surface area contributed by atoms with Crippen LogP contribution in [-0.4, -0.2) is 4.57 Å². The van der Waals surface area contributed by atoms with Crippen molar-refractivity contribution in [3.63, 3.8) is 0 Å². The summed E-state index contributed by atoms with van der Waals surface area (Å²) in [6.45, 7) is 0. The number of hydrogen-bond donors (Lipinski definition) is 0. The zero-order valence-corrected chi connectivity index (χ0v) is 30.8. The summed E-state index contributed by atoms with van der Waals surface area (Å²) in [7, 11) is 0. The highest BCUT2D eigenvalue weighted by atomic mass is 15.2. The minimum atomic E-state index is 1.10. The molecule has 9 aromatic carbocycles. The monoisotopic (exact) mass is 714 g/mol. The lowest BCUT2D eigenvalue weighted by Gasteiger charge is -2.30. The summed E-state index contributed by atoms with van der Waals surface area (Å²) >= 11 is 0. The molecule has 0 N–H and O–H groups in total. The van der Waals surface area contributed by atoms with Crippen LogP contribution in [0.5, 0.6) is 0 Å². The van der Waals surface area contributed by atoms with Gasteiger partial charge in [0.1, 0.15) is 0 Å².